The molecular formula is C20H36N2. The van der Waals surface area contributed by atoms with Gasteiger partial charge in [-0.1, -0.05) is 96.8 Å². The summed E-state index contributed by atoms with van der Waals surface area (Å²) in [6, 6.07) is 0. The molecule has 2 nitrogen and oxygen atoms in total. The molecule has 0 rings (SSSR count). The highest BCUT2D eigenvalue weighted by Gasteiger charge is 2.13. The smallest absolute Gasteiger partial charge is 0.233 e. The predicted molar refractivity (Wildman–Crippen MR) is 96.5 cm³/mol. The fraction of sp³-hybridized carbons (Fsp3) is 0.900. The van der Waals surface area contributed by atoms with E-state index in [2.05, 4.69) is 16.6 Å². The zero-order valence-corrected chi connectivity index (χ0v) is 14.8. The summed E-state index contributed by atoms with van der Waals surface area (Å²) in [6.07, 6.45) is 20.7. The van der Waals surface area contributed by atoms with Crippen molar-refractivity contribution in [1.29, 1.82) is 0 Å². The summed E-state index contributed by atoms with van der Waals surface area (Å²) in [7, 11) is 0. The van der Waals surface area contributed by atoms with E-state index < -0.39 is 6.17 Å². The molecule has 0 bridgehead atoms. The highest BCUT2D eigenvalue weighted by atomic mass is 14.9. The van der Waals surface area contributed by atoms with Crippen molar-refractivity contribution in [3.63, 3.8) is 0 Å². The maximum atomic E-state index is 6.85. The first-order chi connectivity index (χ1) is 10.8. The Kier molecular flexibility index (Phi) is 17.2. The Morgan fingerprint density at radius 3 is 1.18 bits per heavy atom. The summed E-state index contributed by atoms with van der Waals surface area (Å²) < 4.78 is 0. The molecule has 0 amide bonds. The summed E-state index contributed by atoms with van der Waals surface area (Å²) in [5.41, 5.74) is 0. The highest BCUT2D eigenvalue weighted by Crippen LogP contribution is 2.14. The molecule has 0 fully saturated rings. The summed E-state index contributed by atoms with van der Waals surface area (Å²) in [4.78, 5) is 6.61. The first-order valence-corrected chi connectivity index (χ1v) is 9.58. The number of rotatable bonds is 16. The van der Waals surface area contributed by atoms with Crippen molar-refractivity contribution in [2.45, 2.75) is 116 Å². The van der Waals surface area contributed by atoms with E-state index >= 15 is 0 Å². The van der Waals surface area contributed by atoms with Gasteiger partial charge >= 0.3 is 6.17 Å². The highest BCUT2D eigenvalue weighted by molar-refractivity contribution is 4.85. The molecule has 22 heavy (non-hydrogen) atoms. The minimum absolute atomic E-state index is 0.415. The largest absolute Gasteiger partial charge is 0.474 e. The van der Waals surface area contributed by atoms with Crippen LogP contribution >= 0.6 is 0 Å². The van der Waals surface area contributed by atoms with Gasteiger partial charge in [-0.2, -0.15) is 0 Å². The zero-order valence-electron chi connectivity index (χ0n) is 14.8. The minimum atomic E-state index is -0.415. The zero-order chi connectivity index (χ0) is 16.3. The molecule has 0 radical (unpaired) electrons. The molecule has 0 saturated heterocycles. The van der Waals surface area contributed by atoms with Crippen LogP contribution in [0.15, 0.2) is 0 Å². The van der Waals surface area contributed by atoms with Crippen molar-refractivity contribution in [3.05, 3.63) is 22.8 Å². The molecule has 0 aromatic heterocycles. The second kappa shape index (κ2) is 18.0. The lowest BCUT2D eigenvalue weighted by molar-refractivity contribution is 0.529. The van der Waals surface area contributed by atoms with Gasteiger partial charge in [0.15, 0.2) is 0 Å². The minimum Gasteiger partial charge on any atom is -0.233 e. The Bertz CT molecular complexity index is 284. The average Bonchev–Trinajstić information content (AvgIpc) is 2.55. The van der Waals surface area contributed by atoms with E-state index in [0.29, 0.717) is 0 Å². The quantitative estimate of drug-likeness (QED) is 0.207. The molecule has 0 spiro atoms. The van der Waals surface area contributed by atoms with Gasteiger partial charge in [-0.25, -0.2) is 22.8 Å². The second-order valence-electron chi connectivity index (χ2n) is 6.48. The lowest BCUT2D eigenvalue weighted by Gasteiger charge is -2.03. The SMILES string of the molecule is [C-]#[N+]C(CCCCCCCCCCCCCCCCC)[N+]#[C-]. The molecule has 0 aliphatic carbocycles. The van der Waals surface area contributed by atoms with Crippen molar-refractivity contribution in [2.75, 3.05) is 0 Å². The van der Waals surface area contributed by atoms with Crippen molar-refractivity contribution < 1.29 is 0 Å². The van der Waals surface area contributed by atoms with Gasteiger partial charge in [0.25, 0.3) is 0 Å². The van der Waals surface area contributed by atoms with Crippen LogP contribution in [0.2, 0.25) is 0 Å². The maximum Gasteiger partial charge on any atom is 0.474 e. The first-order valence-electron chi connectivity index (χ1n) is 9.58. The Balaban J connectivity index is 3.06. The fourth-order valence-electron chi connectivity index (χ4n) is 2.86. The lowest BCUT2D eigenvalue weighted by Crippen LogP contribution is -1.93. The van der Waals surface area contributed by atoms with Crippen LogP contribution in [-0.2, 0) is 0 Å². The van der Waals surface area contributed by atoms with Crippen LogP contribution in [0, 0.1) is 13.1 Å². The van der Waals surface area contributed by atoms with Crippen LogP contribution in [0.25, 0.3) is 9.69 Å². The van der Waals surface area contributed by atoms with Crippen molar-refractivity contribution in [2.24, 2.45) is 0 Å². The summed E-state index contributed by atoms with van der Waals surface area (Å²) >= 11 is 0. The standard InChI is InChI=1S/C20H36N2/c1-4-5-6-7-8-9-10-11-12-13-14-15-16-17-18-19-20(21-2)22-3/h20H,4-19H2,1H3. The van der Waals surface area contributed by atoms with Crippen LogP contribution in [0.4, 0.5) is 0 Å². The van der Waals surface area contributed by atoms with Crippen molar-refractivity contribution in [3.8, 4) is 0 Å². The number of hydrogen-bond acceptors (Lipinski definition) is 0. The molecule has 0 aliphatic heterocycles. The summed E-state index contributed by atoms with van der Waals surface area (Å²) in [6.45, 7) is 16.0. The number of nitrogens with zero attached hydrogens (tertiary/aromatic N) is 2. The van der Waals surface area contributed by atoms with Gasteiger partial charge < -0.3 is 0 Å². The Hall–Kier alpha value is -1.02. The van der Waals surface area contributed by atoms with Gasteiger partial charge in [0.05, 0.1) is 0 Å². The van der Waals surface area contributed by atoms with Gasteiger partial charge in [0.1, 0.15) is 6.42 Å². The molecule has 126 valence electrons. The van der Waals surface area contributed by atoms with E-state index in [9.17, 15) is 0 Å². The third kappa shape index (κ3) is 15.4. The topological polar surface area (TPSA) is 8.72 Å². The predicted octanol–water partition coefficient (Wildman–Crippen LogP) is 7.41. The van der Waals surface area contributed by atoms with E-state index in [0.717, 1.165) is 12.8 Å². The number of hydrogen-bond donors (Lipinski definition) is 0. The van der Waals surface area contributed by atoms with Crippen LogP contribution in [0.5, 0.6) is 0 Å². The molecule has 0 heterocycles. The van der Waals surface area contributed by atoms with Gasteiger partial charge in [-0.05, 0) is 6.42 Å². The van der Waals surface area contributed by atoms with Crippen LogP contribution < -0.4 is 0 Å². The van der Waals surface area contributed by atoms with E-state index in [1.807, 2.05) is 0 Å². The lowest BCUT2D eigenvalue weighted by atomic mass is 10.0. The normalized spacial score (nSPS) is 10.5. The van der Waals surface area contributed by atoms with Crippen LogP contribution in [0.1, 0.15) is 110 Å². The fourth-order valence-corrected chi connectivity index (χ4v) is 2.86. The van der Waals surface area contributed by atoms with E-state index in [1.54, 1.807) is 0 Å². The molecule has 2 heteroatoms. The van der Waals surface area contributed by atoms with Crippen LogP contribution in [-0.4, -0.2) is 6.17 Å². The van der Waals surface area contributed by atoms with Crippen molar-refractivity contribution >= 4 is 0 Å². The maximum absolute atomic E-state index is 6.85. The third-order valence-electron chi connectivity index (χ3n) is 4.36. The van der Waals surface area contributed by atoms with Crippen LogP contribution in [0.3, 0.4) is 0 Å². The van der Waals surface area contributed by atoms with Gasteiger partial charge in [0, 0.05) is 0 Å². The molecule has 0 N–H and O–H groups in total. The van der Waals surface area contributed by atoms with E-state index in [1.165, 1.54) is 89.9 Å². The summed E-state index contributed by atoms with van der Waals surface area (Å²) in [5.74, 6) is 0. The molecule has 0 aliphatic rings. The molecule has 0 unspecified atom stereocenters. The molecular weight excluding hydrogens is 268 g/mol. The summed E-state index contributed by atoms with van der Waals surface area (Å²) in [5, 5.41) is 0. The monoisotopic (exact) mass is 304 g/mol. The molecule has 0 aromatic carbocycles. The van der Waals surface area contributed by atoms with E-state index in [4.69, 9.17) is 13.1 Å². The second-order valence-corrected chi connectivity index (χ2v) is 6.48. The Labute approximate surface area is 139 Å². The third-order valence-corrected chi connectivity index (χ3v) is 4.36. The number of unbranched alkanes of at least 4 members (excludes halogenated alkanes) is 14. The Morgan fingerprint density at radius 2 is 0.864 bits per heavy atom. The molecule has 0 aromatic rings. The first kappa shape index (κ1) is 21.0. The van der Waals surface area contributed by atoms with Gasteiger partial charge in [0.2, 0.25) is 0 Å². The van der Waals surface area contributed by atoms with Gasteiger partial charge in [-0.3, -0.25) is 0 Å². The van der Waals surface area contributed by atoms with E-state index in [-0.39, 0.29) is 0 Å². The molecule has 0 atom stereocenters. The average molecular weight is 305 g/mol. The Morgan fingerprint density at radius 1 is 0.545 bits per heavy atom. The van der Waals surface area contributed by atoms with Crippen molar-refractivity contribution in [1.82, 2.24) is 0 Å². The molecule has 0 saturated carbocycles. The van der Waals surface area contributed by atoms with Gasteiger partial charge in [-0.15, -0.1) is 0 Å².